The highest BCUT2D eigenvalue weighted by atomic mass is 32.1. The number of nitrogens with zero attached hydrogens (tertiary/aromatic N) is 1. The minimum absolute atomic E-state index is 0.0472. The van der Waals surface area contributed by atoms with Crippen molar-refractivity contribution >= 4 is 17.2 Å². The van der Waals surface area contributed by atoms with Crippen LogP contribution < -0.4 is 5.32 Å². The van der Waals surface area contributed by atoms with Crippen LogP contribution in [0.15, 0.2) is 6.20 Å². The first-order valence-corrected chi connectivity index (χ1v) is 7.14. The molecule has 0 unspecified atom stereocenters. The van der Waals surface area contributed by atoms with Crippen LogP contribution in [0.2, 0.25) is 0 Å². The molecular formula is C13H22N2O2S. The molecule has 4 nitrogen and oxygen atoms in total. The quantitative estimate of drug-likeness (QED) is 0.747. The van der Waals surface area contributed by atoms with E-state index in [0.29, 0.717) is 11.4 Å². The minimum Gasteiger partial charge on any atom is -0.396 e. The van der Waals surface area contributed by atoms with Crippen molar-refractivity contribution in [1.82, 2.24) is 10.3 Å². The Labute approximate surface area is 112 Å². The summed E-state index contributed by atoms with van der Waals surface area (Å²) in [7, 11) is 0. The maximum atomic E-state index is 11.8. The van der Waals surface area contributed by atoms with Crippen molar-refractivity contribution in [1.29, 1.82) is 0 Å². The number of rotatable bonds is 7. The van der Waals surface area contributed by atoms with E-state index in [4.69, 9.17) is 5.11 Å². The third kappa shape index (κ3) is 4.74. The van der Waals surface area contributed by atoms with Crippen molar-refractivity contribution in [3.63, 3.8) is 0 Å². The van der Waals surface area contributed by atoms with Gasteiger partial charge in [0, 0.05) is 13.2 Å². The first-order valence-electron chi connectivity index (χ1n) is 6.32. The number of aromatic nitrogens is 1. The van der Waals surface area contributed by atoms with Gasteiger partial charge in [-0.25, -0.2) is 4.98 Å². The highest BCUT2D eigenvalue weighted by molar-refractivity contribution is 7.13. The Balaban J connectivity index is 2.29. The topological polar surface area (TPSA) is 62.2 Å². The Morgan fingerprint density at radius 2 is 2.28 bits per heavy atom. The molecule has 0 spiro atoms. The molecule has 1 heterocycles. The molecule has 0 saturated heterocycles. The lowest BCUT2D eigenvalue weighted by molar-refractivity contribution is 0.0952. The Bertz CT molecular complexity index is 388. The number of thiazole rings is 1. The predicted molar refractivity (Wildman–Crippen MR) is 73.9 cm³/mol. The Morgan fingerprint density at radius 3 is 2.83 bits per heavy atom. The molecule has 0 aliphatic heterocycles. The molecule has 102 valence electrons. The zero-order chi connectivity index (χ0) is 13.6. The van der Waals surface area contributed by atoms with Crippen molar-refractivity contribution in [2.24, 2.45) is 5.41 Å². The van der Waals surface area contributed by atoms with Crippen LogP contribution >= 0.6 is 11.3 Å². The van der Waals surface area contributed by atoms with Gasteiger partial charge in [-0.15, -0.1) is 11.3 Å². The summed E-state index contributed by atoms with van der Waals surface area (Å²) in [6, 6.07) is 0. The summed E-state index contributed by atoms with van der Waals surface area (Å²) >= 11 is 1.45. The number of carbonyl (C=O) groups excluding carboxylic acids is 1. The molecule has 0 saturated carbocycles. The molecule has 0 radical (unpaired) electrons. The molecule has 0 fully saturated rings. The van der Waals surface area contributed by atoms with E-state index in [1.807, 2.05) is 20.8 Å². The number of aliphatic hydroxyl groups excluding tert-OH is 1. The van der Waals surface area contributed by atoms with Crippen LogP contribution in [0.5, 0.6) is 0 Å². The van der Waals surface area contributed by atoms with Gasteiger partial charge in [0.05, 0.1) is 11.2 Å². The molecule has 0 atom stereocenters. The zero-order valence-corrected chi connectivity index (χ0v) is 12.1. The fourth-order valence-electron chi connectivity index (χ4n) is 1.51. The number of hydrogen-bond donors (Lipinski definition) is 2. The average Bonchev–Trinajstić information content (AvgIpc) is 2.83. The monoisotopic (exact) mass is 270 g/mol. The maximum Gasteiger partial charge on any atom is 0.263 e. The molecule has 0 aromatic carbocycles. The second-order valence-corrected chi connectivity index (χ2v) is 6.27. The molecule has 2 N–H and O–H groups in total. The Kier molecular flexibility index (Phi) is 5.75. The van der Waals surface area contributed by atoms with Gasteiger partial charge >= 0.3 is 0 Å². The second-order valence-electron chi connectivity index (χ2n) is 5.15. The number of hydrogen-bond acceptors (Lipinski definition) is 4. The van der Waals surface area contributed by atoms with Crippen LogP contribution in [0, 0.1) is 5.41 Å². The number of carbonyl (C=O) groups is 1. The van der Waals surface area contributed by atoms with Crippen LogP contribution in [0.25, 0.3) is 0 Å². The van der Waals surface area contributed by atoms with Crippen molar-refractivity contribution in [3.8, 4) is 0 Å². The SMILES string of the molecule is CCc1ncc(C(=O)NCCCC(C)(C)CO)s1. The van der Waals surface area contributed by atoms with Gasteiger partial charge in [0.1, 0.15) is 4.88 Å². The Morgan fingerprint density at radius 1 is 1.56 bits per heavy atom. The van der Waals surface area contributed by atoms with Gasteiger partial charge in [0.25, 0.3) is 5.91 Å². The van der Waals surface area contributed by atoms with E-state index in [2.05, 4.69) is 10.3 Å². The molecule has 0 bridgehead atoms. The summed E-state index contributed by atoms with van der Waals surface area (Å²) in [5.74, 6) is -0.0472. The standard InChI is InChI=1S/C13H22N2O2S/c1-4-11-15-8-10(18-11)12(17)14-7-5-6-13(2,3)9-16/h8,16H,4-7,9H2,1-3H3,(H,14,17). The molecule has 0 aliphatic rings. The van der Waals surface area contributed by atoms with Crippen LogP contribution in [-0.2, 0) is 6.42 Å². The van der Waals surface area contributed by atoms with E-state index in [-0.39, 0.29) is 17.9 Å². The van der Waals surface area contributed by atoms with E-state index in [0.717, 1.165) is 24.3 Å². The molecule has 1 rings (SSSR count). The lowest BCUT2D eigenvalue weighted by Gasteiger charge is -2.21. The molecule has 1 amide bonds. The van der Waals surface area contributed by atoms with Crippen LogP contribution in [0.4, 0.5) is 0 Å². The maximum absolute atomic E-state index is 11.8. The molecule has 1 aromatic rings. The van der Waals surface area contributed by atoms with Gasteiger partial charge in [-0.3, -0.25) is 4.79 Å². The highest BCUT2D eigenvalue weighted by Gasteiger charge is 2.16. The van der Waals surface area contributed by atoms with Gasteiger partial charge in [0.2, 0.25) is 0 Å². The van der Waals surface area contributed by atoms with Gasteiger partial charge < -0.3 is 10.4 Å². The zero-order valence-electron chi connectivity index (χ0n) is 11.3. The summed E-state index contributed by atoms with van der Waals surface area (Å²) in [5.41, 5.74) is -0.0649. The lowest BCUT2D eigenvalue weighted by atomic mass is 9.89. The highest BCUT2D eigenvalue weighted by Crippen LogP contribution is 2.20. The summed E-state index contributed by atoms with van der Waals surface area (Å²) in [4.78, 5) is 16.6. The summed E-state index contributed by atoms with van der Waals surface area (Å²) in [6.45, 7) is 6.88. The predicted octanol–water partition coefficient (Wildman–Crippen LogP) is 2.23. The van der Waals surface area contributed by atoms with Crippen LogP contribution in [-0.4, -0.2) is 29.1 Å². The van der Waals surface area contributed by atoms with E-state index >= 15 is 0 Å². The smallest absolute Gasteiger partial charge is 0.263 e. The molecular weight excluding hydrogens is 248 g/mol. The number of amides is 1. The summed E-state index contributed by atoms with van der Waals surface area (Å²) in [6.07, 6.45) is 4.27. The number of aryl methyl sites for hydroxylation is 1. The fourth-order valence-corrected chi connectivity index (χ4v) is 2.29. The van der Waals surface area contributed by atoms with Gasteiger partial charge in [-0.2, -0.15) is 0 Å². The third-order valence-corrected chi connectivity index (χ3v) is 3.96. The van der Waals surface area contributed by atoms with Gasteiger partial charge in [-0.05, 0) is 24.7 Å². The van der Waals surface area contributed by atoms with Gasteiger partial charge in [-0.1, -0.05) is 20.8 Å². The minimum atomic E-state index is -0.0649. The van der Waals surface area contributed by atoms with Crippen LogP contribution in [0.1, 0.15) is 48.3 Å². The number of nitrogens with one attached hydrogen (secondary N) is 1. The van der Waals surface area contributed by atoms with E-state index < -0.39 is 0 Å². The first kappa shape index (κ1) is 15.1. The lowest BCUT2D eigenvalue weighted by Crippen LogP contribution is -2.25. The van der Waals surface area contributed by atoms with Gasteiger partial charge in [0.15, 0.2) is 0 Å². The van der Waals surface area contributed by atoms with Crippen LogP contribution in [0.3, 0.4) is 0 Å². The van der Waals surface area contributed by atoms with Crippen molar-refractivity contribution in [3.05, 3.63) is 16.1 Å². The third-order valence-electron chi connectivity index (χ3n) is 2.82. The van der Waals surface area contributed by atoms with E-state index in [9.17, 15) is 4.79 Å². The largest absolute Gasteiger partial charge is 0.396 e. The van der Waals surface area contributed by atoms with Crippen molar-refractivity contribution in [2.75, 3.05) is 13.2 Å². The normalized spacial score (nSPS) is 11.6. The summed E-state index contributed by atoms with van der Waals surface area (Å²) in [5, 5.41) is 13.0. The fraction of sp³-hybridized carbons (Fsp3) is 0.692. The Hall–Kier alpha value is -0.940. The molecule has 18 heavy (non-hydrogen) atoms. The van der Waals surface area contributed by atoms with Crippen molar-refractivity contribution < 1.29 is 9.90 Å². The molecule has 0 aliphatic carbocycles. The average molecular weight is 270 g/mol. The summed E-state index contributed by atoms with van der Waals surface area (Å²) < 4.78 is 0. The van der Waals surface area contributed by atoms with E-state index in [1.54, 1.807) is 6.20 Å². The van der Waals surface area contributed by atoms with Crippen molar-refractivity contribution in [2.45, 2.75) is 40.0 Å². The molecule has 5 heteroatoms. The second kappa shape index (κ2) is 6.85. The first-order chi connectivity index (χ1) is 8.48. The molecule has 1 aromatic heterocycles. The van der Waals surface area contributed by atoms with E-state index in [1.165, 1.54) is 11.3 Å². The number of aliphatic hydroxyl groups is 1.